The molecule has 0 unspecified atom stereocenters. The van der Waals surface area contributed by atoms with Gasteiger partial charge in [-0.2, -0.15) is 12.6 Å². The number of aliphatic carboxylic acids is 3. The van der Waals surface area contributed by atoms with Crippen molar-refractivity contribution in [2.75, 3.05) is 25.4 Å². The van der Waals surface area contributed by atoms with Crippen LogP contribution in [-0.2, 0) is 14.4 Å². The summed E-state index contributed by atoms with van der Waals surface area (Å²) >= 11 is 3.79. The summed E-state index contributed by atoms with van der Waals surface area (Å²) < 4.78 is 0. The van der Waals surface area contributed by atoms with Gasteiger partial charge in [-0.3, -0.25) is 14.4 Å². The van der Waals surface area contributed by atoms with Crippen molar-refractivity contribution in [1.29, 1.82) is 0 Å². The normalized spacial score (nSPS) is 7.17. The molecule has 0 aromatic carbocycles. The van der Waals surface area contributed by atoms with Crippen molar-refractivity contribution >= 4 is 30.5 Å². The highest BCUT2D eigenvalue weighted by Crippen LogP contribution is 1.58. The minimum Gasteiger partial charge on any atom is -0.480 e. The lowest BCUT2D eigenvalue weighted by atomic mass is 10.7. The van der Waals surface area contributed by atoms with Crippen LogP contribution in [0.4, 0.5) is 0 Å². The molecule has 0 spiro atoms. The Hall–Kier alpha value is -1.36. The van der Waals surface area contributed by atoms with Crippen LogP contribution in [0.3, 0.4) is 0 Å². The molecule has 0 amide bonds. The number of thiol groups is 1. The number of nitrogens with two attached hydrogens (primary N) is 3. The Bertz CT molecular complexity index is 182. The van der Waals surface area contributed by atoms with Gasteiger partial charge in [-0.25, -0.2) is 0 Å². The lowest BCUT2D eigenvalue weighted by Gasteiger charge is -1.73. The third-order valence-electron chi connectivity index (χ3n) is 0.524. The van der Waals surface area contributed by atoms with Gasteiger partial charge < -0.3 is 32.5 Å². The molecule has 0 saturated carbocycles. The number of hydrogen-bond acceptors (Lipinski definition) is 7. The number of carboxylic acids is 3. The van der Waals surface area contributed by atoms with Crippen LogP contribution in [0.1, 0.15) is 6.92 Å². The molecule has 10 heteroatoms. The molecule has 0 rings (SSSR count). The summed E-state index contributed by atoms with van der Waals surface area (Å²) in [5, 5.41) is 22.8. The molecular weight excluding hydrogens is 266 g/mol. The zero-order valence-electron chi connectivity index (χ0n) is 10.1. The third kappa shape index (κ3) is 127. The Morgan fingerprint density at radius 3 is 0.889 bits per heavy atom. The molecule has 9 nitrogen and oxygen atoms in total. The maximum atomic E-state index is 9.24. The topological polar surface area (TPSA) is 190 Å². The first-order valence-electron chi connectivity index (χ1n) is 4.59. The maximum absolute atomic E-state index is 9.24. The molecule has 18 heavy (non-hydrogen) atoms. The van der Waals surface area contributed by atoms with Gasteiger partial charge >= 0.3 is 17.9 Å². The van der Waals surface area contributed by atoms with Crippen molar-refractivity contribution < 1.29 is 29.7 Å². The van der Waals surface area contributed by atoms with Crippen LogP contribution in [0, 0.1) is 0 Å². The summed E-state index contributed by atoms with van der Waals surface area (Å²) in [7, 11) is 0. The van der Waals surface area contributed by atoms with E-state index in [2.05, 4.69) is 29.8 Å². The highest BCUT2D eigenvalue weighted by Gasteiger charge is 1.81. The van der Waals surface area contributed by atoms with Crippen LogP contribution >= 0.6 is 12.6 Å². The molecule has 9 N–H and O–H groups in total. The fraction of sp³-hybridized carbons (Fsp3) is 0.625. The SMILES string of the molecule is CCS.NCC(=O)O.NCC(=O)O.NCC(=O)O. The third-order valence-corrected chi connectivity index (χ3v) is 0.524. The summed E-state index contributed by atoms with van der Waals surface area (Å²) in [6.45, 7) is 1.16. The molecule has 0 radical (unpaired) electrons. The van der Waals surface area contributed by atoms with Gasteiger partial charge in [0.1, 0.15) is 0 Å². The fourth-order valence-electron chi connectivity index (χ4n) is 0. The van der Waals surface area contributed by atoms with Gasteiger partial charge in [0.15, 0.2) is 0 Å². The van der Waals surface area contributed by atoms with Crippen LogP contribution < -0.4 is 17.2 Å². The lowest BCUT2D eigenvalue weighted by Crippen LogP contribution is -2.10. The summed E-state index contributed by atoms with van der Waals surface area (Å²) in [6, 6.07) is 0. The molecule has 0 aromatic rings. The van der Waals surface area contributed by atoms with Gasteiger partial charge in [0, 0.05) is 0 Å². The monoisotopic (exact) mass is 287 g/mol. The average molecular weight is 287 g/mol. The highest BCUT2D eigenvalue weighted by molar-refractivity contribution is 7.80. The lowest BCUT2D eigenvalue weighted by molar-refractivity contribution is -0.136. The van der Waals surface area contributed by atoms with E-state index >= 15 is 0 Å². The molecule has 0 aromatic heterocycles. The molecule has 0 atom stereocenters. The molecule has 0 fully saturated rings. The molecule has 0 aliphatic rings. The predicted octanol–water partition coefficient (Wildman–Crippen LogP) is -1.97. The van der Waals surface area contributed by atoms with Gasteiger partial charge in [-0.15, -0.1) is 0 Å². The first-order chi connectivity index (χ1) is 8.22. The van der Waals surface area contributed by atoms with Gasteiger partial charge in [-0.05, 0) is 5.75 Å². The Morgan fingerprint density at radius 1 is 0.833 bits per heavy atom. The first-order valence-corrected chi connectivity index (χ1v) is 5.22. The summed E-state index contributed by atoms with van der Waals surface area (Å²) in [4.78, 5) is 27.7. The number of rotatable bonds is 3. The molecule has 110 valence electrons. The Labute approximate surface area is 110 Å². The zero-order valence-corrected chi connectivity index (χ0v) is 11.0. The van der Waals surface area contributed by atoms with Crippen molar-refractivity contribution in [2.45, 2.75) is 6.92 Å². The van der Waals surface area contributed by atoms with Crippen molar-refractivity contribution in [1.82, 2.24) is 0 Å². The van der Waals surface area contributed by atoms with E-state index in [9.17, 15) is 14.4 Å². The number of hydrogen-bond donors (Lipinski definition) is 7. The standard InChI is InChI=1S/3C2H5NO2.C2H6S/c3*3-1-2(4)5;1-2-3/h3*1,3H2,(H,4,5);3H,2H2,1H3. The summed E-state index contributed by atoms with van der Waals surface area (Å²) in [5.41, 5.74) is 13.7. The van der Waals surface area contributed by atoms with Gasteiger partial charge in [0.05, 0.1) is 19.6 Å². The van der Waals surface area contributed by atoms with E-state index in [1.165, 1.54) is 0 Å². The van der Waals surface area contributed by atoms with Crippen molar-refractivity contribution in [3.8, 4) is 0 Å². The van der Waals surface area contributed by atoms with Crippen molar-refractivity contribution in [2.24, 2.45) is 17.2 Å². The fourth-order valence-corrected chi connectivity index (χ4v) is 0. The van der Waals surface area contributed by atoms with Crippen LogP contribution in [0.5, 0.6) is 0 Å². The molecular formula is C8H21N3O6S. The average Bonchev–Trinajstić information content (AvgIpc) is 2.31. The highest BCUT2D eigenvalue weighted by atomic mass is 32.1. The van der Waals surface area contributed by atoms with E-state index in [0.717, 1.165) is 5.75 Å². The van der Waals surface area contributed by atoms with Crippen LogP contribution in [-0.4, -0.2) is 58.6 Å². The van der Waals surface area contributed by atoms with E-state index in [1.54, 1.807) is 0 Å². The summed E-state index contributed by atoms with van der Waals surface area (Å²) in [5.74, 6) is -1.96. The van der Waals surface area contributed by atoms with Gasteiger partial charge in [0.25, 0.3) is 0 Å². The molecule has 0 bridgehead atoms. The Kier molecular flexibility index (Phi) is 35.0. The second kappa shape index (κ2) is 24.7. The zero-order chi connectivity index (χ0) is 15.6. The van der Waals surface area contributed by atoms with E-state index in [-0.39, 0.29) is 19.6 Å². The second-order valence-electron chi connectivity index (χ2n) is 2.11. The molecule has 0 heterocycles. The van der Waals surface area contributed by atoms with Crippen molar-refractivity contribution in [3.63, 3.8) is 0 Å². The predicted molar refractivity (Wildman–Crippen MR) is 69.6 cm³/mol. The van der Waals surface area contributed by atoms with E-state index in [1.807, 2.05) is 6.92 Å². The maximum Gasteiger partial charge on any atom is 0.317 e. The van der Waals surface area contributed by atoms with Crippen LogP contribution in [0.2, 0.25) is 0 Å². The summed E-state index contributed by atoms with van der Waals surface area (Å²) in [6.07, 6.45) is 0. The van der Waals surface area contributed by atoms with Crippen molar-refractivity contribution in [3.05, 3.63) is 0 Å². The van der Waals surface area contributed by atoms with Crippen LogP contribution in [0.15, 0.2) is 0 Å². The number of carboxylic acid groups (broad SMARTS) is 3. The quantitative estimate of drug-likeness (QED) is 0.288. The smallest absolute Gasteiger partial charge is 0.317 e. The largest absolute Gasteiger partial charge is 0.480 e. The first kappa shape index (κ1) is 25.5. The Morgan fingerprint density at radius 2 is 0.889 bits per heavy atom. The van der Waals surface area contributed by atoms with E-state index in [4.69, 9.17) is 15.3 Å². The van der Waals surface area contributed by atoms with E-state index in [0.29, 0.717) is 0 Å². The van der Waals surface area contributed by atoms with E-state index < -0.39 is 17.9 Å². The Balaban J connectivity index is -0.0000000739. The van der Waals surface area contributed by atoms with Crippen LogP contribution in [0.25, 0.3) is 0 Å². The molecule has 0 saturated heterocycles. The number of carbonyl (C=O) groups is 3. The van der Waals surface area contributed by atoms with Gasteiger partial charge in [-0.1, -0.05) is 6.92 Å². The minimum absolute atomic E-state index is 0.278. The molecule has 0 aliphatic heterocycles. The minimum atomic E-state index is -0.968. The molecule has 0 aliphatic carbocycles. The van der Waals surface area contributed by atoms with Gasteiger partial charge in [0.2, 0.25) is 0 Å². The second-order valence-corrected chi connectivity index (χ2v) is 2.74.